The van der Waals surface area contributed by atoms with Gasteiger partial charge in [-0.25, -0.2) is 8.78 Å². The summed E-state index contributed by atoms with van der Waals surface area (Å²) in [5.74, 6) is -3.76. The summed E-state index contributed by atoms with van der Waals surface area (Å²) in [6.45, 7) is 1.76. The third kappa shape index (κ3) is 5.99. The number of aliphatic hydroxyl groups excluding tert-OH is 4. The van der Waals surface area contributed by atoms with Crippen LogP contribution in [0, 0.1) is 5.41 Å². The third-order valence-corrected chi connectivity index (χ3v) is 8.16. The average molecular weight is 557 g/mol. The molecule has 1 aliphatic heterocycles. The van der Waals surface area contributed by atoms with Gasteiger partial charge in [0.1, 0.15) is 30.2 Å². The molecule has 1 saturated carbocycles. The number of methoxy groups -OCH3 is 1. The number of benzene rings is 2. The highest BCUT2D eigenvalue weighted by Gasteiger charge is 2.55. The largest absolute Gasteiger partial charge is 0.493 e. The van der Waals surface area contributed by atoms with Gasteiger partial charge in [0.05, 0.1) is 13.2 Å². The zero-order valence-electron chi connectivity index (χ0n) is 21.4. The molecule has 5 atom stereocenters. The van der Waals surface area contributed by atoms with Crippen LogP contribution in [0.1, 0.15) is 49.3 Å². The van der Waals surface area contributed by atoms with Gasteiger partial charge in [0.2, 0.25) is 11.7 Å². The van der Waals surface area contributed by atoms with Crippen molar-refractivity contribution in [3.8, 4) is 5.75 Å². The Kier molecular flexibility index (Phi) is 8.69. The predicted octanol–water partition coefficient (Wildman–Crippen LogP) is 3.80. The summed E-state index contributed by atoms with van der Waals surface area (Å²) in [6, 6.07) is 12.3. The van der Waals surface area contributed by atoms with Crippen molar-refractivity contribution in [2.45, 2.75) is 75.2 Å². The second-order valence-corrected chi connectivity index (χ2v) is 11.1. The fourth-order valence-electron chi connectivity index (χ4n) is 5.14. The highest BCUT2D eigenvalue weighted by atomic mass is 35.5. The molecule has 4 rings (SSSR count). The predicted molar refractivity (Wildman–Crippen MR) is 136 cm³/mol. The Morgan fingerprint density at radius 1 is 1.00 bits per heavy atom. The molecule has 1 saturated heterocycles. The van der Waals surface area contributed by atoms with E-state index in [2.05, 4.69) is 0 Å². The van der Waals surface area contributed by atoms with Gasteiger partial charge < -0.3 is 34.6 Å². The number of aliphatic hydroxyl groups is 4. The number of ether oxygens (including phenoxy) is 3. The number of alkyl halides is 2. The summed E-state index contributed by atoms with van der Waals surface area (Å²) in [7, 11) is 1.30. The van der Waals surface area contributed by atoms with E-state index < -0.39 is 42.7 Å². The van der Waals surface area contributed by atoms with Crippen molar-refractivity contribution < 1.29 is 43.4 Å². The molecule has 2 aromatic carbocycles. The van der Waals surface area contributed by atoms with E-state index in [1.165, 1.54) is 7.11 Å². The molecule has 2 aliphatic rings. The molecule has 1 aliphatic carbocycles. The minimum absolute atomic E-state index is 0.113. The monoisotopic (exact) mass is 556 g/mol. The van der Waals surface area contributed by atoms with Crippen molar-refractivity contribution >= 4 is 11.6 Å². The van der Waals surface area contributed by atoms with Crippen LogP contribution in [0.5, 0.6) is 5.75 Å². The summed E-state index contributed by atoms with van der Waals surface area (Å²) in [6.07, 6.45) is -4.87. The van der Waals surface area contributed by atoms with Crippen LogP contribution in [-0.2, 0) is 21.7 Å². The zero-order valence-corrected chi connectivity index (χ0v) is 22.2. The first-order valence-corrected chi connectivity index (χ1v) is 13.1. The lowest BCUT2D eigenvalue weighted by molar-refractivity contribution is -0.366. The first kappa shape index (κ1) is 29.1. The lowest BCUT2D eigenvalue weighted by atomic mass is 9.75. The lowest BCUT2D eigenvalue weighted by Crippen LogP contribution is -2.64. The van der Waals surface area contributed by atoms with Crippen LogP contribution in [0.25, 0.3) is 0 Å². The number of hydrogen-bond acceptors (Lipinski definition) is 7. The molecular weight excluding hydrogens is 522 g/mol. The van der Waals surface area contributed by atoms with Crippen molar-refractivity contribution in [1.29, 1.82) is 0 Å². The Hall–Kier alpha value is -1.85. The van der Waals surface area contributed by atoms with Crippen LogP contribution in [0.3, 0.4) is 0 Å². The Bertz CT molecular complexity index is 1090. The molecule has 1 unspecified atom stereocenters. The van der Waals surface area contributed by atoms with E-state index in [0.29, 0.717) is 47.8 Å². The van der Waals surface area contributed by atoms with E-state index in [0.717, 1.165) is 5.56 Å². The Balaban J connectivity index is 1.47. The van der Waals surface area contributed by atoms with Gasteiger partial charge in [-0.15, -0.1) is 0 Å². The second-order valence-electron chi connectivity index (χ2n) is 10.7. The van der Waals surface area contributed by atoms with Crippen LogP contribution in [-0.4, -0.2) is 71.1 Å². The van der Waals surface area contributed by atoms with Gasteiger partial charge in [0.25, 0.3) is 0 Å². The fraction of sp³-hybridized carbons (Fsp3) is 0.571. The highest BCUT2D eigenvalue weighted by Crippen LogP contribution is 2.44. The van der Waals surface area contributed by atoms with Crippen molar-refractivity contribution in [3.05, 3.63) is 64.2 Å². The van der Waals surface area contributed by atoms with E-state index in [9.17, 15) is 29.2 Å². The standard InChI is InChI=1S/C28H35ClF2O7/c1-26(9-11-27(30,31)12-10-26)16-37-20-6-3-17(4-7-20)13-18-14-19(5-8-21(18)29)28(36-2)25(35)24(34)23(33)22(15-32)38-28/h3-8,14,22-25,32-35H,9-13,15-16H2,1-2H3/t22-,23-,24+,25-,28?/m1/s1. The van der Waals surface area contributed by atoms with E-state index in [1.54, 1.807) is 18.2 Å². The van der Waals surface area contributed by atoms with E-state index in [-0.39, 0.29) is 18.3 Å². The SMILES string of the molecule is COC1(c2ccc(Cl)c(Cc3ccc(OCC4(C)CCC(F)(F)CC4)cc3)c2)O[C@H](CO)[C@@H](O)[C@H](O)[C@H]1O. The zero-order chi connectivity index (χ0) is 27.7. The number of halogens is 3. The molecule has 0 radical (unpaired) electrons. The molecule has 0 bridgehead atoms. The molecule has 210 valence electrons. The van der Waals surface area contributed by atoms with Crippen LogP contribution in [0.4, 0.5) is 8.78 Å². The van der Waals surface area contributed by atoms with E-state index in [4.69, 9.17) is 25.8 Å². The lowest BCUT2D eigenvalue weighted by Gasteiger charge is -2.47. The highest BCUT2D eigenvalue weighted by molar-refractivity contribution is 6.31. The van der Waals surface area contributed by atoms with E-state index in [1.807, 2.05) is 31.2 Å². The maximum atomic E-state index is 13.5. The molecule has 0 aromatic heterocycles. The van der Waals surface area contributed by atoms with Crippen LogP contribution >= 0.6 is 11.6 Å². The van der Waals surface area contributed by atoms with Crippen LogP contribution in [0.2, 0.25) is 5.02 Å². The second kappa shape index (κ2) is 11.3. The molecule has 10 heteroatoms. The molecule has 0 amide bonds. The van der Waals surface area contributed by atoms with Crippen molar-refractivity contribution in [1.82, 2.24) is 0 Å². The maximum absolute atomic E-state index is 13.5. The smallest absolute Gasteiger partial charge is 0.248 e. The van der Waals surface area contributed by atoms with Gasteiger partial charge in [-0.1, -0.05) is 36.7 Å². The van der Waals surface area contributed by atoms with Gasteiger partial charge >= 0.3 is 0 Å². The minimum Gasteiger partial charge on any atom is -0.493 e. The summed E-state index contributed by atoms with van der Waals surface area (Å²) >= 11 is 6.47. The Morgan fingerprint density at radius 2 is 1.66 bits per heavy atom. The van der Waals surface area contributed by atoms with Crippen molar-refractivity contribution in [2.75, 3.05) is 20.3 Å². The van der Waals surface area contributed by atoms with Crippen molar-refractivity contribution in [3.63, 3.8) is 0 Å². The molecule has 2 fully saturated rings. The normalized spacial score (nSPS) is 30.7. The number of hydrogen-bond donors (Lipinski definition) is 4. The molecule has 7 nitrogen and oxygen atoms in total. The molecule has 1 heterocycles. The molecular formula is C28H35ClF2O7. The molecule has 38 heavy (non-hydrogen) atoms. The van der Waals surface area contributed by atoms with Crippen LogP contribution in [0.15, 0.2) is 42.5 Å². The number of rotatable bonds is 8. The van der Waals surface area contributed by atoms with Gasteiger partial charge in [-0.3, -0.25) is 0 Å². The maximum Gasteiger partial charge on any atom is 0.248 e. The van der Waals surface area contributed by atoms with Crippen molar-refractivity contribution in [2.24, 2.45) is 5.41 Å². The first-order chi connectivity index (χ1) is 17.9. The summed E-state index contributed by atoms with van der Waals surface area (Å²) in [4.78, 5) is 0. The van der Waals surface area contributed by atoms with Crippen LogP contribution < -0.4 is 4.74 Å². The summed E-state index contributed by atoms with van der Waals surface area (Å²) in [5.41, 5.74) is 1.69. The Morgan fingerprint density at radius 3 is 2.26 bits per heavy atom. The first-order valence-electron chi connectivity index (χ1n) is 12.7. The third-order valence-electron chi connectivity index (χ3n) is 7.80. The fourth-order valence-corrected chi connectivity index (χ4v) is 5.32. The van der Waals surface area contributed by atoms with E-state index >= 15 is 0 Å². The minimum atomic E-state index is -2.58. The molecule has 0 spiro atoms. The van der Waals surface area contributed by atoms with Gasteiger partial charge in [-0.05, 0) is 54.7 Å². The Labute approximate surface area is 225 Å². The van der Waals surface area contributed by atoms with Gasteiger partial charge in [0.15, 0.2) is 0 Å². The summed E-state index contributed by atoms with van der Waals surface area (Å²) in [5, 5.41) is 41.4. The molecule has 2 aromatic rings. The quantitative estimate of drug-likeness (QED) is 0.392. The topological polar surface area (TPSA) is 109 Å². The van der Waals surface area contributed by atoms with Gasteiger partial charge in [-0.2, -0.15) is 0 Å². The molecule has 4 N–H and O–H groups in total. The average Bonchev–Trinajstić information content (AvgIpc) is 2.91. The summed E-state index contributed by atoms with van der Waals surface area (Å²) < 4.78 is 44.3. The van der Waals surface area contributed by atoms with Gasteiger partial charge in [0, 0.05) is 36.0 Å².